The van der Waals surface area contributed by atoms with Crippen molar-refractivity contribution in [3.05, 3.63) is 94.9 Å². The van der Waals surface area contributed by atoms with Crippen molar-refractivity contribution in [1.29, 1.82) is 5.41 Å². The molecule has 0 saturated heterocycles. The fourth-order valence-corrected chi connectivity index (χ4v) is 6.24. The van der Waals surface area contributed by atoms with E-state index in [1.165, 1.54) is 34.1 Å². The number of likely N-dealkylation sites (N-methyl/N-ethyl adjacent to an activating group) is 1. The zero-order valence-corrected chi connectivity index (χ0v) is 20.7. The number of fused-ring (bicyclic) bond motifs is 2. The number of furan rings is 1. The molecule has 35 heavy (non-hydrogen) atoms. The summed E-state index contributed by atoms with van der Waals surface area (Å²) in [7, 11) is 2.27. The standard InChI is InChI=1S/C31H33N3O/c1-18(2)30-29-13-21(5-4-19(29)8-10-34(30)3)27-16-28(27)24-12-20-6-7-22(31(32)33)14-25(20)26(15-24)23-9-11-35-17-23/h4-7,9,11-15,17-18,27-28,30H,8,10,16H2,1-3H3,(H3,32,33). The third-order valence-electron chi connectivity index (χ3n) is 8.10. The van der Waals surface area contributed by atoms with Crippen LogP contribution in [0.3, 0.4) is 0 Å². The van der Waals surface area contributed by atoms with Gasteiger partial charge in [0.2, 0.25) is 0 Å². The van der Waals surface area contributed by atoms with E-state index in [-0.39, 0.29) is 5.84 Å². The van der Waals surface area contributed by atoms with Crippen LogP contribution < -0.4 is 5.73 Å². The van der Waals surface area contributed by atoms with E-state index >= 15 is 0 Å². The molecule has 0 spiro atoms. The Morgan fingerprint density at radius 2 is 1.86 bits per heavy atom. The van der Waals surface area contributed by atoms with Gasteiger partial charge in [-0.25, -0.2) is 0 Å². The van der Waals surface area contributed by atoms with Crippen molar-refractivity contribution in [1.82, 2.24) is 4.90 Å². The molecule has 1 fully saturated rings. The van der Waals surface area contributed by atoms with E-state index in [1.807, 2.05) is 18.2 Å². The van der Waals surface area contributed by atoms with Crippen molar-refractivity contribution in [2.75, 3.05) is 13.6 Å². The molecular formula is C31H33N3O. The monoisotopic (exact) mass is 463 g/mol. The first-order valence-corrected chi connectivity index (χ1v) is 12.7. The Hall–Kier alpha value is -3.37. The molecule has 3 aromatic carbocycles. The maximum absolute atomic E-state index is 7.87. The van der Waals surface area contributed by atoms with Crippen LogP contribution in [0.1, 0.15) is 66.0 Å². The van der Waals surface area contributed by atoms with Gasteiger partial charge in [-0.05, 0) is 88.4 Å². The summed E-state index contributed by atoms with van der Waals surface area (Å²) >= 11 is 0. The minimum atomic E-state index is 0.0918. The zero-order valence-electron chi connectivity index (χ0n) is 20.7. The van der Waals surface area contributed by atoms with Crippen LogP contribution >= 0.6 is 0 Å². The zero-order chi connectivity index (χ0) is 24.3. The summed E-state index contributed by atoms with van der Waals surface area (Å²) < 4.78 is 5.42. The predicted octanol–water partition coefficient (Wildman–Crippen LogP) is 6.84. The van der Waals surface area contributed by atoms with Crippen LogP contribution in [-0.4, -0.2) is 24.3 Å². The fourth-order valence-electron chi connectivity index (χ4n) is 6.24. The number of nitrogens with zero attached hydrogens (tertiary/aromatic N) is 1. The van der Waals surface area contributed by atoms with Crippen LogP contribution in [-0.2, 0) is 6.42 Å². The van der Waals surface area contributed by atoms with Gasteiger partial charge in [0.05, 0.1) is 12.5 Å². The molecule has 1 aliphatic heterocycles. The summed E-state index contributed by atoms with van der Waals surface area (Å²) in [6.45, 7) is 5.82. The number of benzene rings is 3. The number of rotatable bonds is 5. The second kappa shape index (κ2) is 8.39. The lowest BCUT2D eigenvalue weighted by Gasteiger charge is -2.37. The van der Waals surface area contributed by atoms with Crippen molar-refractivity contribution in [2.24, 2.45) is 11.7 Å². The van der Waals surface area contributed by atoms with Crippen LogP contribution in [0, 0.1) is 11.3 Å². The van der Waals surface area contributed by atoms with Gasteiger partial charge in [-0.3, -0.25) is 10.3 Å². The Bertz CT molecular complexity index is 1420. The van der Waals surface area contributed by atoms with E-state index in [0.717, 1.165) is 35.0 Å². The Labute approximate surface area is 207 Å². The third kappa shape index (κ3) is 3.86. The molecule has 0 radical (unpaired) electrons. The first-order valence-electron chi connectivity index (χ1n) is 12.7. The Morgan fingerprint density at radius 1 is 1.03 bits per heavy atom. The second-order valence-electron chi connectivity index (χ2n) is 10.8. The minimum Gasteiger partial charge on any atom is -0.472 e. The molecule has 1 aliphatic carbocycles. The maximum atomic E-state index is 7.87. The molecule has 4 heteroatoms. The van der Waals surface area contributed by atoms with E-state index in [2.05, 4.69) is 62.2 Å². The summed E-state index contributed by atoms with van der Waals surface area (Å²) in [4.78, 5) is 2.52. The quantitative estimate of drug-likeness (QED) is 0.251. The average Bonchev–Trinajstić information content (AvgIpc) is 3.46. The van der Waals surface area contributed by atoms with Crippen molar-refractivity contribution >= 4 is 16.6 Å². The highest BCUT2D eigenvalue weighted by molar-refractivity contribution is 6.03. The van der Waals surface area contributed by atoms with E-state index < -0.39 is 0 Å². The molecule has 4 aromatic rings. The van der Waals surface area contributed by atoms with Crippen LogP contribution in [0.5, 0.6) is 0 Å². The van der Waals surface area contributed by atoms with Crippen molar-refractivity contribution < 1.29 is 4.42 Å². The van der Waals surface area contributed by atoms with Gasteiger partial charge in [-0.1, -0.05) is 56.3 Å². The summed E-state index contributed by atoms with van der Waals surface area (Å²) in [5.41, 5.74) is 14.7. The number of nitrogen functional groups attached to an aromatic ring is 1. The summed E-state index contributed by atoms with van der Waals surface area (Å²) in [6, 6.07) is 20.5. The molecule has 1 saturated carbocycles. The molecule has 1 aromatic heterocycles. The average molecular weight is 464 g/mol. The smallest absolute Gasteiger partial charge is 0.122 e. The van der Waals surface area contributed by atoms with Crippen LogP contribution in [0.4, 0.5) is 0 Å². The van der Waals surface area contributed by atoms with Gasteiger partial charge in [0, 0.05) is 23.7 Å². The van der Waals surface area contributed by atoms with Gasteiger partial charge in [0.1, 0.15) is 5.84 Å². The molecule has 2 aliphatic rings. The van der Waals surface area contributed by atoms with E-state index in [9.17, 15) is 0 Å². The highest BCUT2D eigenvalue weighted by atomic mass is 16.3. The number of nitrogens with two attached hydrogens (primary N) is 1. The molecular weight excluding hydrogens is 430 g/mol. The van der Waals surface area contributed by atoms with Crippen LogP contribution in [0.25, 0.3) is 21.9 Å². The number of nitrogens with one attached hydrogen (secondary N) is 1. The Balaban J connectivity index is 1.38. The SMILES string of the molecule is CC(C)C1c2cc(C3CC3c3cc(-c4ccoc4)c4cc(C(=N)N)ccc4c3)ccc2CCN1C. The lowest BCUT2D eigenvalue weighted by Crippen LogP contribution is -2.35. The van der Waals surface area contributed by atoms with E-state index in [1.54, 1.807) is 12.5 Å². The van der Waals surface area contributed by atoms with Gasteiger partial charge in [0.25, 0.3) is 0 Å². The number of amidine groups is 1. The van der Waals surface area contributed by atoms with Crippen molar-refractivity contribution in [3.63, 3.8) is 0 Å². The van der Waals surface area contributed by atoms with Gasteiger partial charge >= 0.3 is 0 Å². The normalized spacial score (nSPS) is 21.9. The minimum absolute atomic E-state index is 0.0918. The van der Waals surface area contributed by atoms with Crippen LogP contribution in [0.15, 0.2) is 71.5 Å². The molecule has 6 rings (SSSR count). The molecule has 3 N–H and O–H groups in total. The molecule has 0 amide bonds. The van der Waals surface area contributed by atoms with E-state index in [0.29, 0.717) is 23.8 Å². The second-order valence-corrected chi connectivity index (χ2v) is 10.8. The highest BCUT2D eigenvalue weighted by Gasteiger charge is 2.40. The molecule has 178 valence electrons. The Morgan fingerprint density at radius 3 is 2.60 bits per heavy atom. The summed E-state index contributed by atoms with van der Waals surface area (Å²) in [5.74, 6) is 1.78. The van der Waals surface area contributed by atoms with Crippen molar-refractivity contribution in [3.8, 4) is 11.1 Å². The maximum Gasteiger partial charge on any atom is 0.122 e. The molecule has 4 nitrogen and oxygen atoms in total. The number of hydrogen-bond donors (Lipinski definition) is 2. The fraction of sp³-hybridized carbons (Fsp3) is 0.323. The third-order valence-corrected chi connectivity index (χ3v) is 8.10. The predicted molar refractivity (Wildman–Crippen MR) is 143 cm³/mol. The van der Waals surface area contributed by atoms with Gasteiger partial charge in [-0.15, -0.1) is 0 Å². The topological polar surface area (TPSA) is 66.2 Å². The lowest BCUT2D eigenvalue weighted by molar-refractivity contribution is 0.181. The largest absolute Gasteiger partial charge is 0.472 e. The summed E-state index contributed by atoms with van der Waals surface area (Å²) in [6.07, 6.45) is 5.85. The molecule has 3 unspecified atom stereocenters. The lowest BCUT2D eigenvalue weighted by atomic mass is 9.85. The first kappa shape index (κ1) is 22.1. The highest BCUT2D eigenvalue weighted by Crippen LogP contribution is 2.56. The Kier molecular flexibility index (Phi) is 5.30. The first-order chi connectivity index (χ1) is 16.9. The van der Waals surface area contributed by atoms with E-state index in [4.69, 9.17) is 15.6 Å². The van der Waals surface area contributed by atoms with Gasteiger partial charge in [-0.2, -0.15) is 0 Å². The molecule has 2 heterocycles. The van der Waals surface area contributed by atoms with Gasteiger partial charge < -0.3 is 10.2 Å². The number of hydrogen-bond acceptors (Lipinski definition) is 3. The van der Waals surface area contributed by atoms with Crippen LogP contribution in [0.2, 0.25) is 0 Å². The van der Waals surface area contributed by atoms with Gasteiger partial charge in [0.15, 0.2) is 0 Å². The summed E-state index contributed by atoms with van der Waals surface area (Å²) in [5, 5.41) is 10.2. The molecule has 0 bridgehead atoms. The van der Waals surface area contributed by atoms with Crippen molar-refractivity contribution in [2.45, 2.75) is 44.6 Å². The molecule has 3 atom stereocenters.